The monoisotopic (exact) mass is 410 g/mol. The fourth-order valence-corrected chi connectivity index (χ4v) is 3.74. The zero-order valence-electron chi connectivity index (χ0n) is 16.4. The maximum Gasteiger partial charge on any atom is 0.261 e. The van der Waals surface area contributed by atoms with E-state index in [1.165, 1.54) is 31.4 Å². The van der Waals surface area contributed by atoms with E-state index in [1.807, 2.05) is 32.0 Å². The van der Waals surface area contributed by atoms with Crippen molar-refractivity contribution in [3.05, 3.63) is 83.4 Å². The summed E-state index contributed by atoms with van der Waals surface area (Å²) >= 11 is 0. The molecule has 7 heteroatoms. The minimum Gasteiger partial charge on any atom is -0.497 e. The Hall–Kier alpha value is -3.32. The molecule has 29 heavy (non-hydrogen) atoms. The van der Waals surface area contributed by atoms with Gasteiger partial charge in [-0.2, -0.15) is 0 Å². The van der Waals surface area contributed by atoms with E-state index in [-0.39, 0.29) is 10.8 Å². The Morgan fingerprint density at radius 2 is 1.45 bits per heavy atom. The van der Waals surface area contributed by atoms with E-state index in [9.17, 15) is 13.2 Å². The minimum atomic E-state index is -3.77. The van der Waals surface area contributed by atoms with Crippen molar-refractivity contribution in [3.63, 3.8) is 0 Å². The van der Waals surface area contributed by atoms with Crippen molar-refractivity contribution in [2.45, 2.75) is 18.7 Å². The molecule has 3 aromatic carbocycles. The number of amides is 1. The number of ether oxygens (including phenoxy) is 1. The van der Waals surface area contributed by atoms with Gasteiger partial charge >= 0.3 is 0 Å². The lowest BCUT2D eigenvalue weighted by Crippen LogP contribution is -2.15. The highest BCUT2D eigenvalue weighted by atomic mass is 32.2. The molecule has 0 saturated carbocycles. The molecule has 0 aliphatic carbocycles. The molecule has 0 unspecified atom stereocenters. The van der Waals surface area contributed by atoms with Gasteiger partial charge < -0.3 is 10.1 Å². The Kier molecular flexibility index (Phi) is 5.89. The van der Waals surface area contributed by atoms with Gasteiger partial charge in [-0.05, 0) is 85.6 Å². The van der Waals surface area contributed by atoms with E-state index in [1.54, 1.807) is 24.3 Å². The fraction of sp³-hybridized carbons (Fsp3) is 0.136. The molecule has 0 radical (unpaired) electrons. The molecule has 0 aromatic heterocycles. The highest BCUT2D eigenvalue weighted by Gasteiger charge is 2.15. The summed E-state index contributed by atoms with van der Waals surface area (Å²) in [7, 11) is -2.23. The summed E-state index contributed by atoms with van der Waals surface area (Å²) in [5, 5.41) is 2.82. The third-order valence-corrected chi connectivity index (χ3v) is 5.93. The van der Waals surface area contributed by atoms with Crippen molar-refractivity contribution in [2.75, 3.05) is 17.1 Å². The number of methoxy groups -OCH3 is 1. The summed E-state index contributed by atoms with van der Waals surface area (Å²) in [5.74, 6) is 0.326. The van der Waals surface area contributed by atoms with E-state index in [0.717, 1.165) is 11.1 Å². The number of benzene rings is 3. The number of nitrogens with one attached hydrogen (secondary N) is 2. The zero-order chi connectivity index (χ0) is 21.0. The normalized spacial score (nSPS) is 11.0. The predicted octanol–water partition coefficient (Wildman–Crippen LogP) is 4.37. The number of carbonyl (C=O) groups excluding carboxylic acids is 1. The van der Waals surface area contributed by atoms with Crippen LogP contribution in [-0.4, -0.2) is 21.4 Å². The second-order valence-corrected chi connectivity index (χ2v) is 8.29. The van der Waals surface area contributed by atoms with Crippen molar-refractivity contribution in [2.24, 2.45) is 0 Å². The van der Waals surface area contributed by atoms with Crippen LogP contribution in [0.25, 0.3) is 0 Å². The number of anilines is 2. The lowest BCUT2D eigenvalue weighted by Gasteiger charge is -2.10. The summed E-state index contributed by atoms with van der Waals surface area (Å²) in [4.78, 5) is 12.5. The van der Waals surface area contributed by atoms with Crippen LogP contribution in [0.2, 0.25) is 0 Å². The molecular weight excluding hydrogens is 388 g/mol. The number of carbonyl (C=O) groups is 1. The fourth-order valence-electron chi connectivity index (χ4n) is 2.68. The second kappa shape index (κ2) is 8.36. The molecule has 0 saturated heterocycles. The largest absolute Gasteiger partial charge is 0.497 e. The van der Waals surface area contributed by atoms with Gasteiger partial charge in [0.1, 0.15) is 5.75 Å². The SMILES string of the molecule is COc1ccc(NS(=O)(=O)c2ccc(C(=O)Nc3ccc(C)c(C)c3)cc2)cc1. The van der Waals surface area contributed by atoms with Gasteiger partial charge in [-0.1, -0.05) is 6.07 Å². The Bertz CT molecular complexity index is 1120. The van der Waals surface area contributed by atoms with Gasteiger partial charge in [0.2, 0.25) is 0 Å². The van der Waals surface area contributed by atoms with E-state index in [2.05, 4.69) is 10.0 Å². The Morgan fingerprint density at radius 1 is 0.828 bits per heavy atom. The highest BCUT2D eigenvalue weighted by molar-refractivity contribution is 7.92. The molecule has 0 aliphatic rings. The molecule has 0 aliphatic heterocycles. The first-order valence-corrected chi connectivity index (χ1v) is 10.4. The van der Waals surface area contributed by atoms with Crippen LogP contribution >= 0.6 is 0 Å². The summed E-state index contributed by atoms with van der Waals surface area (Å²) in [6.45, 7) is 3.97. The molecule has 1 amide bonds. The van der Waals surface area contributed by atoms with Crippen molar-refractivity contribution < 1.29 is 17.9 Å². The third kappa shape index (κ3) is 4.94. The first-order chi connectivity index (χ1) is 13.8. The van der Waals surface area contributed by atoms with Crippen molar-refractivity contribution >= 4 is 27.3 Å². The molecule has 3 rings (SSSR count). The zero-order valence-corrected chi connectivity index (χ0v) is 17.2. The molecule has 0 fully saturated rings. The Balaban J connectivity index is 1.72. The van der Waals surface area contributed by atoms with Gasteiger partial charge in [0, 0.05) is 16.9 Å². The average Bonchev–Trinajstić information content (AvgIpc) is 2.71. The van der Waals surface area contributed by atoms with Crippen molar-refractivity contribution in [3.8, 4) is 5.75 Å². The number of hydrogen-bond acceptors (Lipinski definition) is 4. The van der Waals surface area contributed by atoms with Gasteiger partial charge in [0.05, 0.1) is 12.0 Å². The van der Waals surface area contributed by atoms with Gasteiger partial charge in [0.15, 0.2) is 0 Å². The van der Waals surface area contributed by atoms with Gasteiger partial charge in [0.25, 0.3) is 15.9 Å². The molecular formula is C22H22N2O4S. The highest BCUT2D eigenvalue weighted by Crippen LogP contribution is 2.20. The predicted molar refractivity (Wildman–Crippen MR) is 114 cm³/mol. The number of aryl methyl sites for hydroxylation is 2. The third-order valence-electron chi connectivity index (χ3n) is 4.53. The summed E-state index contributed by atoms with van der Waals surface area (Å²) in [5.41, 5.74) is 3.70. The first-order valence-electron chi connectivity index (χ1n) is 8.94. The number of hydrogen-bond donors (Lipinski definition) is 2. The molecule has 0 spiro atoms. The summed E-state index contributed by atoms with van der Waals surface area (Å²) < 4.78 is 32.7. The molecule has 0 atom stereocenters. The number of sulfonamides is 1. The van der Waals surface area contributed by atoms with Crippen LogP contribution in [0.3, 0.4) is 0 Å². The maximum atomic E-state index is 12.6. The quantitative estimate of drug-likeness (QED) is 0.632. The summed E-state index contributed by atoms with van der Waals surface area (Å²) in [6.07, 6.45) is 0. The lowest BCUT2D eigenvalue weighted by molar-refractivity contribution is 0.102. The lowest BCUT2D eigenvalue weighted by atomic mass is 10.1. The molecule has 0 heterocycles. The standard InChI is InChI=1S/C22H22N2O4S/c1-15-4-7-19(14-16(15)2)23-22(25)17-5-12-21(13-6-17)29(26,27)24-18-8-10-20(28-3)11-9-18/h4-14,24H,1-3H3,(H,23,25). The van der Waals surface area contributed by atoms with Crippen LogP contribution in [0, 0.1) is 13.8 Å². The van der Waals surface area contributed by atoms with E-state index >= 15 is 0 Å². The van der Waals surface area contributed by atoms with E-state index in [0.29, 0.717) is 22.7 Å². The molecule has 150 valence electrons. The smallest absolute Gasteiger partial charge is 0.261 e. The average molecular weight is 410 g/mol. The maximum absolute atomic E-state index is 12.6. The molecule has 6 nitrogen and oxygen atoms in total. The van der Waals surface area contributed by atoms with Crippen LogP contribution in [0.5, 0.6) is 5.75 Å². The number of rotatable bonds is 6. The summed E-state index contributed by atoms with van der Waals surface area (Å²) in [6, 6.07) is 18.0. The molecule has 2 N–H and O–H groups in total. The van der Waals surface area contributed by atoms with Crippen LogP contribution in [0.4, 0.5) is 11.4 Å². The Morgan fingerprint density at radius 3 is 2.03 bits per heavy atom. The van der Waals surface area contributed by atoms with Crippen LogP contribution in [0.15, 0.2) is 71.6 Å². The van der Waals surface area contributed by atoms with Crippen LogP contribution < -0.4 is 14.8 Å². The van der Waals surface area contributed by atoms with Crippen LogP contribution in [-0.2, 0) is 10.0 Å². The first kappa shape index (κ1) is 20.4. The van der Waals surface area contributed by atoms with Gasteiger partial charge in [-0.15, -0.1) is 0 Å². The van der Waals surface area contributed by atoms with Crippen LogP contribution in [0.1, 0.15) is 21.5 Å². The topological polar surface area (TPSA) is 84.5 Å². The van der Waals surface area contributed by atoms with E-state index in [4.69, 9.17) is 4.74 Å². The molecule has 0 bridgehead atoms. The van der Waals surface area contributed by atoms with Gasteiger partial charge in [-0.3, -0.25) is 9.52 Å². The minimum absolute atomic E-state index is 0.0658. The second-order valence-electron chi connectivity index (χ2n) is 6.61. The van der Waals surface area contributed by atoms with Crippen molar-refractivity contribution in [1.29, 1.82) is 0 Å². The Labute approximate surface area is 170 Å². The molecule has 3 aromatic rings. The van der Waals surface area contributed by atoms with Crippen molar-refractivity contribution in [1.82, 2.24) is 0 Å². The van der Waals surface area contributed by atoms with Gasteiger partial charge in [-0.25, -0.2) is 8.42 Å². The van der Waals surface area contributed by atoms with E-state index < -0.39 is 10.0 Å².